The first kappa shape index (κ1) is 20.2. The van der Waals surface area contributed by atoms with Gasteiger partial charge in [0, 0.05) is 23.4 Å². The molecule has 0 aromatic heterocycles. The fourth-order valence-corrected chi connectivity index (χ4v) is 6.53. The van der Waals surface area contributed by atoms with Crippen LogP contribution in [-0.2, 0) is 19.9 Å². The van der Waals surface area contributed by atoms with E-state index in [1.807, 2.05) is 25.1 Å². The molecular formula is C25H25N3O5. The lowest BCUT2D eigenvalue weighted by Crippen LogP contribution is -2.54. The Kier molecular flexibility index (Phi) is 4.17. The van der Waals surface area contributed by atoms with E-state index in [4.69, 9.17) is 9.47 Å². The Morgan fingerprint density at radius 1 is 1.03 bits per heavy atom. The topological polar surface area (TPSA) is 88.2 Å². The number of benzene rings is 2. The van der Waals surface area contributed by atoms with Crippen LogP contribution >= 0.6 is 0 Å². The molecule has 6 rings (SSSR count). The van der Waals surface area contributed by atoms with Crippen molar-refractivity contribution in [1.29, 1.82) is 0 Å². The number of rotatable bonds is 3. The van der Waals surface area contributed by atoms with Crippen molar-refractivity contribution in [3.63, 3.8) is 0 Å². The van der Waals surface area contributed by atoms with Crippen LogP contribution in [0.25, 0.3) is 0 Å². The number of ether oxygens (including phenoxy) is 2. The fourth-order valence-electron chi connectivity index (χ4n) is 6.53. The number of aryl methyl sites for hydroxylation is 1. The van der Waals surface area contributed by atoms with Crippen molar-refractivity contribution < 1.29 is 23.9 Å². The third-order valence-electron chi connectivity index (χ3n) is 7.77. The number of amides is 3. The Balaban J connectivity index is 1.56. The van der Waals surface area contributed by atoms with E-state index in [2.05, 4.69) is 10.2 Å². The summed E-state index contributed by atoms with van der Waals surface area (Å²) >= 11 is 0. The Morgan fingerprint density at radius 2 is 1.85 bits per heavy atom. The quantitative estimate of drug-likeness (QED) is 0.728. The zero-order valence-electron chi connectivity index (χ0n) is 18.8. The van der Waals surface area contributed by atoms with Gasteiger partial charge in [-0.3, -0.25) is 19.3 Å². The molecule has 2 aromatic carbocycles. The van der Waals surface area contributed by atoms with Crippen LogP contribution in [0.1, 0.15) is 24.0 Å². The number of carbonyl (C=O) groups is 3. The lowest BCUT2D eigenvalue weighted by molar-refractivity contribution is -0.135. The number of hydrogen-bond donors (Lipinski definition) is 1. The first-order valence-electron chi connectivity index (χ1n) is 11.2. The number of anilines is 2. The summed E-state index contributed by atoms with van der Waals surface area (Å²) < 4.78 is 10.8. The molecule has 170 valence electrons. The molecule has 4 aliphatic rings. The largest absolute Gasteiger partial charge is 0.497 e. The summed E-state index contributed by atoms with van der Waals surface area (Å²) in [6.45, 7) is 2.65. The predicted molar refractivity (Wildman–Crippen MR) is 120 cm³/mol. The summed E-state index contributed by atoms with van der Waals surface area (Å²) in [4.78, 5) is 45.0. The first-order chi connectivity index (χ1) is 15.9. The number of carbonyl (C=O) groups excluding carboxylic acids is 3. The van der Waals surface area contributed by atoms with Crippen molar-refractivity contribution in [3.05, 3.63) is 47.5 Å². The van der Waals surface area contributed by atoms with Crippen LogP contribution in [0.3, 0.4) is 0 Å². The molecular weight excluding hydrogens is 422 g/mol. The number of nitrogens with one attached hydrogen (secondary N) is 1. The van der Waals surface area contributed by atoms with Gasteiger partial charge in [-0.15, -0.1) is 0 Å². The van der Waals surface area contributed by atoms with Gasteiger partial charge in [-0.05, 0) is 44.5 Å². The molecule has 1 N–H and O–H groups in total. The summed E-state index contributed by atoms with van der Waals surface area (Å²) in [5, 5.41) is 3.01. The van der Waals surface area contributed by atoms with Crippen molar-refractivity contribution in [1.82, 2.24) is 4.90 Å². The van der Waals surface area contributed by atoms with Crippen LogP contribution in [0.2, 0.25) is 0 Å². The Bertz CT molecular complexity index is 1230. The SMILES string of the molecule is COc1ccc(OC)c(N2C(=O)[C@@H]3[C@H]4CCCN4[C@]4(C(=O)Nc5ccc(C)cc54)[C@H]3C2=O)c1. The van der Waals surface area contributed by atoms with Crippen LogP contribution in [0, 0.1) is 18.8 Å². The lowest BCUT2D eigenvalue weighted by atomic mass is 9.75. The van der Waals surface area contributed by atoms with Gasteiger partial charge < -0.3 is 14.8 Å². The molecule has 4 heterocycles. The zero-order valence-corrected chi connectivity index (χ0v) is 18.8. The van der Waals surface area contributed by atoms with Gasteiger partial charge in [0.1, 0.15) is 17.0 Å². The van der Waals surface area contributed by atoms with E-state index in [0.717, 1.165) is 29.7 Å². The first-order valence-corrected chi connectivity index (χ1v) is 11.2. The number of fused-ring (bicyclic) bond motifs is 7. The lowest BCUT2D eigenvalue weighted by Gasteiger charge is -2.36. The summed E-state index contributed by atoms with van der Waals surface area (Å²) in [5.74, 6) is -1.33. The third kappa shape index (κ3) is 2.36. The van der Waals surface area contributed by atoms with Crippen LogP contribution in [-0.4, -0.2) is 49.4 Å². The van der Waals surface area contributed by atoms with Crippen molar-refractivity contribution in [2.75, 3.05) is 31.0 Å². The summed E-state index contributed by atoms with van der Waals surface area (Å²) in [6, 6.07) is 10.7. The maximum Gasteiger partial charge on any atom is 0.250 e. The number of hydrogen-bond acceptors (Lipinski definition) is 6. The number of nitrogens with zero attached hydrogens (tertiary/aromatic N) is 2. The molecule has 0 aliphatic carbocycles. The van der Waals surface area contributed by atoms with Crippen LogP contribution in [0.15, 0.2) is 36.4 Å². The second kappa shape index (κ2) is 6.81. The maximum absolute atomic E-state index is 14.1. The molecule has 33 heavy (non-hydrogen) atoms. The normalized spacial score (nSPS) is 30.0. The highest BCUT2D eigenvalue weighted by atomic mass is 16.5. The van der Waals surface area contributed by atoms with Crippen molar-refractivity contribution >= 4 is 29.1 Å². The van der Waals surface area contributed by atoms with E-state index >= 15 is 0 Å². The van der Waals surface area contributed by atoms with Gasteiger partial charge in [0.05, 0.1) is 31.7 Å². The van der Waals surface area contributed by atoms with E-state index in [0.29, 0.717) is 23.7 Å². The standard InChI is InChI=1S/C25H25N3O5/c1-13-6-8-16-15(11-13)25(24(31)26-16)21-20(17-5-4-10-27(17)25)22(29)28(23(21)30)18-12-14(32-2)7-9-19(18)33-3/h6-9,11-12,17,20-21H,4-5,10H2,1-3H3,(H,26,31)/t17-,20-,21-,25+/m1/s1. The van der Waals surface area contributed by atoms with Crippen LogP contribution in [0.5, 0.6) is 11.5 Å². The summed E-state index contributed by atoms with van der Waals surface area (Å²) in [5.41, 5.74) is 1.69. The maximum atomic E-state index is 14.1. The van der Waals surface area contributed by atoms with Gasteiger partial charge in [-0.1, -0.05) is 17.7 Å². The highest BCUT2D eigenvalue weighted by Crippen LogP contribution is 2.61. The van der Waals surface area contributed by atoms with Crippen LogP contribution in [0.4, 0.5) is 11.4 Å². The molecule has 2 aromatic rings. The highest BCUT2D eigenvalue weighted by molar-refractivity contribution is 6.26. The molecule has 8 nitrogen and oxygen atoms in total. The van der Waals surface area contributed by atoms with E-state index in [1.165, 1.54) is 19.1 Å². The van der Waals surface area contributed by atoms with Gasteiger partial charge >= 0.3 is 0 Å². The average Bonchev–Trinajstić information content (AvgIpc) is 3.52. The number of imide groups is 1. The second-order valence-corrected chi connectivity index (χ2v) is 9.23. The summed E-state index contributed by atoms with van der Waals surface area (Å²) in [7, 11) is 3.03. The second-order valence-electron chi connectivity index (χ2n) is 9.23. The molecule has 8 heteroatoms. The van der Waals surface area contributed by atoms with Gasteiger partial charge in [0.2, 0.25) is 17.7 Å². The smallest absolute Gasteiger partial charge is 0.250 e. The zero-order chi connectivity index (χ0) is 23.1. The van der Waals surface area contributed by atoms with E-state index in [9.17, 15) is 14.4 Å². The Hall–Kier alpha value is -3.39. The minimum absolute atomic E-state index is 0.162. The average molecular weight is 447 g/mol. The van der Waals surface area contributed by atoms with Gasteiger partial charge in [-0.25, -0.2) is 4.90 Å². The summed E-state index contributed by atoms with van der Waals surface area (Å²) in [6.07, 6.45) is 1.66. The molecule has 1 spiro atoms. The van der Waals surface area contributed by atoms with Gasteiger partial charge in [-0.2, -0.15) is 0 Å². The fraction of sp³-hybridized carbons (Fsp3) is 0.400. The van der Waals surface area contributed by atoms with Gasteiger partial charge in [0.25, 0.3) is 0 Å². The third-order valence-corrected chi connectivity index (χ3v) is 7.77. The van der Waals surface area contributed by atoms with E-state index in [-0.39, 0.29) is 23.8 Å². The van der Waals surface area contributed by atoms with Crippen molar-refractivity contribution in [2.24, 2.45) is 11.8 Å². The van der Waals surface area contributed by atoms with Crippen molar-refractivity contribution in [2.45, 2.75) is 31.3 Å². The van der Waals surface area contributed by atoms with Crippen LogP contribution < -0.4 is 19.7 Å². The number of methoxy groups -OCH3 is 2. The molecule has 4 aliphatic heterocycles. The molecule has 0 unspecified atom stereocenters. The van der Waals surface area contributed by atoms with Crippen molar-refractivity contribution in [3.8, 4) is 11.5 Å². The molecule has 0 radical (unpaired) electrons. The highest BCUT2D eigenvalue weighted by Gasteiger charge is 2.74. The van der Waals surface area contributed by atoms with Gasteiger partial charge in [0.15, 0.2) is 0 Å². The minimum Gasteiger partial charge on any atom is -0.497 e. The molecule has 4 atom stereocenters. The minimum atomic E-state index is -1.18. The molecule has 0 saturated carbocycles. The monoisotopic (exact) mass is 447 g/mol. The molecule has 3 fully saturated rings. The van der Waals surface area contributed by atoms with E-state index in [1.54, 1.807) is 18.2 Å². The predicted octanol–water partition coefficient (Wildman–Crippen LogP) is 2.44. The van der Waals surface area contributed by atoms with E-state index < -0.39 is 17.4 Å². The molecule has 3 saturated heterocycles. The molecule has 3 amide bonds. The Morgan fingerprint density at radius 3 is 2.61 bits per heavy atom. The Labute approximate surface area is 191 Å². The molecule has 0 bridgehead atoms.